The van der Waals surface area contributed by atoms with Gasteiger partial charge in [-0.25, -0.2) is 0 Å². The van der Waals surface area contributed by atoms with E-state index < -0.39 is 16.0 Å². The Labute approximate surface area is 194 Å². The van der Waals surface area contributed by atoms with Crippen LogP contribution < -0.4 is 9.50 Å². The first kappa shape index (κ1) is 22.7. The van der Waals surface area contributed by atoms with E-state index in [9.17, 15) is 18.0 Å². The standard InChI is InChI=1S/C19H14Br2N2O5S2/c1-10-3-5-14(6-4-10)30(26,27)28-17-12(7-13(20)9-15(17)21)8-16-18(25)23-19(29-16)22-11(2)24/h3-9H,1-2H3,(H,22,23,24,25)/b16-8+. The fraction of sp³-hybridized carbons (Fsp3) is 0.105. The van der Waals surface area contributed by atoms with Gasteiger partial charge in [0.2, 0.25) is 5.91 Å². The van der Waals surface area contributed by atoms with Crippen LogP contribution in [0.4, 0.5) is 0 Å². The number of hydrogen-bond acceptors (Lipinski definition) is 6. The first-order valence-corrected chi connectivity index (χ1v) is 12.2. The van der Waals surface area contributed by atoms with Crippen molar-refractivity contribution >= 4 is 76.8 Å². The molecule has 2 aromatic carbocycles. The van der Waals surface area contributed by atoms with E-state index >= 15 is 0 Å². The minimum Gasteiger partial charge on any atom is -0.377 e. The number of aliphatic imine (C=N–C) groups is 1. The number of halogens is 2. The monoisotopic (exact) mass is 572 g/mol. The van der Waals surface area contributed by atoms with Gasteiger partial charge >= 0.3 is 10.1 Å². The lowest BCUT2D eigenvalue weighted by Gasteiger charge is -2.13. The second-order valence-corrected chi connectivity index (χ2v) is 10.5. The first-order chi connectivity index (χ1) is 14.0. The lowest BCUT2D eigenvalue weighted by atomic mass is 10.2. The fourth-order valence-corrected chi connectivity index (χ4v) is 5.66. The van der Waals surface area contributed by atoms with E-state index in [4.69, 9.17) is 4.18 Å². The summed E-state index contributed by atoms with van der Waals surface area (Å²) in [5, 5.41) is 2.61. The smallest absolute Gasteiger partial charge is 0.339 e. The van der Waals surface area contributed by atoms with E-state index in [2.05, 4.69) is 42.2 Å². The second-order valence-electron chi connectivity index (χ2n) is 6.17. The van der Waals surface area contributed by atoms with Crippen LogP contribution in [0.25, 0.3) is 6.08 Å². The highest BCUT2D eigenvalue weighted by atomic mass is 79.9. The summed E-state index contributed by atoms with van der Waals surface area (Å²) in [5.41, 5.74) is 1.25. The Bertz CT molecular complexity index is 1210. The van der Waals surface area contributed by atoms with Crippen molar-refractivity contribution in [3.63, 3.8) is 0 Å². The Balaban J connectivity index is 1.99. The SMILES string of the molecule is CC(=O)NC1=NC(=O)/C(=C\c2cc(Br)cc(Br)c2OS(=O)(=O)c2ccc(C)cc2)S1. The Morgan fingerprint density at radius 3 is 2.50 bits per heavy atom. The van der Waals surface area contributed by atoms with Crippen LogP contribution in [0, 0.1) is 6.92 Å². The third kappa shape index (κ3) is 5.39. The summed E-state index contributed by atoms with van der Waals surface area (Å²) in [7, 11) is -4.11. The normalized spacial score (nSPS) is 15.3. The number of aryl methyl sites for hydroxylation is 1. The fourth-order valence-electron chi connectivity index (χ4n) is 2.39. The highest BCUT2D eigenvalue weighted by Crippen LogP contribution is 2.38. The number of benzene rings is 2. The van der Waals surface area contributed by atoms with Gasteiger partial charge in [0, 0.05) is 17.0 Å². The zero-order valence-electron chi connectivity index (χ0n) is 15.6. The predicted molar refractivity (Wildman–Crippen MR) is 123 cm³/mol. The van der Waals surface area contributed by atoms with Crippen molar-refractivity contribution in [3.05, 3.63) is 61.4 Å². The van der Waals surface area contributed by atoms with Gasteiger partial charge in [-0.3, -0.25) is 9.59 Å². The molecule has 0 saturated carbocycles. The molecule has 3 rings (SSSR count). The summed E-state index contributed by atoms with van der Waals surface area (Å²) in [5.74, 6) is -0.881. The number of carbonyl (C=O) groups excluding carboxylic acids is 2. The molecular formula is C19H14Br2N2O5S2. The summed E-state index contributed by atoms with van der Waals surface area (Å²) in [4.78, 5) is 27.4. The molecule has 2 amide bonds. The molecule has 1 aliphatic heterocycles. The van der Waals surface area contributed by atoms with Gasteiger partial charge in [-0.05, 0) is 65.0 Å². The van der Waals surface area contributed by atoms with Crippen LogP contribution in [-0.2, 0) is 19.7 Å². The van der Waals surface area contributed by atoms with Gasteiger partial charge in [0.05, 0.1) is 9.38 Å². The molecule has 156 valence electrons. The van der Waals surface area contributed by atoms with Gasteiger partial charge < -0.3 is 9.50 Å². The molecular weight excluding hydrogens is 560 g/mol. The maximum absolute atomic E-state index is 12.8. The van der Waals surface area contributed by atoms with Crippen molar-refractivity contribution in [1.29, 1.82) is 0 Å². The maximum atomic E-state index is 12.8. The number of amidine groups is 1. The van der Waals surface area contributed by atoms with Gasteiger partial charge in [0.25, 0.3) is 5.91 Å². The van der Waals surface area contributed by atoms with Crippen molar-refractivity contribution in [1.82, 2.24) is 5.32 Å². The molecule has 0 unspecified atom stereocenters. The summed E-state index contributed by atoms with van der Waals surface area (Å²) in [6, 6.07) is 9.50. The van der Waals surface area contributed by atoms with Gasteiger partial charge in [-0.1, -0.05) is 33.6 Å². The topological polar surface area (TPSA) is 102 Å². The summed E-state index contributed by atoms with van der Waals surface area (Å²) >= 11 is 7.64. The molecule has 30 heavy (non-hydrogen) atoms. The lowest BCUT2D eigenvalue weighted by Crippen LogP contribution is -2.23. The lowest BCUT2D eigenvalue weighted by molar-refractivity contribution is -0.117. The van der Waals surface area contributed by atoms with Crippen LogP contribution in [0.1, 0.15) is 18.1 Å². The van der Waals surface area contributed by atoms with Crippen LogP contribution in [0.3, 0.4) is 0 Å². The van der Waals surface area contributed by atoms with Crippen molar-refractivity contribution < 1.29 is 22.2 Å². The third-order valence-electron chi connectivity index (χ3n) is 3.73. The molecule has 0 spiro atoms. The Kier molecular flexibility index (Phi) is 6.85. The molecule has 1 aliphatic rings. The Morgan fingerprint density at radius 1 is 1.20 bits per heavy atom. The highest BCUT2D eigenvalue weighted by Gasteiger charge is 2.25. The summed E-state index contributed by atoms with van der Waals surface area (Å²) in [6.07, 6.45) is 1.46. The molecule has 0 bridgehead atoms. The number of nitrogens with one attached hydrogen (secondary N) is 1. The molecule has 0 fully saturated rings. The number of nitrogens with zero attached hydrogens (tertiary/aromatic N) is 1. The van der Waals surface area contributed by atoms with Gasteiger partial charge in [-0.15, -0.1) is 0 Å². The molecule has 0 radical (unpaired) electrons. The van der Waals surface area contributed by atoms with E-state index in [0.29, 0.717) is 14.5 Å². The molecule has 0 aliphatic carbocycles. The Morgan fingerprint density at radius 2 is 1.87 bits per heavy atom. The van der Waals surface area contributed by atoms with E-state index in [0.717, 1.165) is 17.3 Å². The van der Waals surface area contributed by atoms with E-state index in [1.807, 2.05) is 6.92 Å². The number of amides is 2. The maximum Gasteiger partial charge on any atom is 0.339 e. The van der Waals surface area contributed by atoms with Gasteiger partial charge in [-0.2, -0.15) is 13.4 Å². The Hall–Kier alpha value is -1.95. The highest BCUT2D eigenvalue weighted by molar-refractivity contribution is 9.11. The summed E-state index contributed by atoms with van der Waals surface area (Å²) in [6.45, 7) is 3.16. The van der Waals surface area contributed by atoms with Crippen molar-refractivity contribution in [2.45, 2.75) is 18.7 Å². The molecule has 7 nitrogen and oxygen atoms in total. The number of rotatable bonds is 4. The number of thioether (sulfide) groups is 1. The number of hydrogen-bond donors (Lipinski definition) is 1. The molecule has 2 aromatic rings. The van der Waals surface area contributed by atoms with Gasteiger partial charge in [0.1, 0.15) is 4.90 Å². The van der Waals surface area contributed by atoms with Crippen LogP contribution >= 0.6 is 43.6 Å². The van der Waals surface area contributed by atoms with Crippen LogP contribution in [0.5, 0.6) is 5.75 Å². The third-order valence-corrected chi connectivity index (χ3v) is 6.91. The molecule has 0 aromatic heterocycles. The zero-order chi connectivity index (χ0) is 22.1. The largest absolute Gasteiger partial charge is 0.377 e. The van der Waals surface area contributed by atoms with E-state index in [1.54, 1.807) is 24.3 Å². The van der Waals surface area contributed by atoms with Crippen LogP contribution in [-0.4, -0.2) is 25.4 Å². The van der Waals surface area contributed by atoms with E-state index in [1.165, 1.54) is 25.1 Å². The quantitative estimate of drug-likeness (QED) is 0.430. The second kappa shape index (κ2) is 9.04. The molecule has 0 saturated heterocycles. The molecule has 0 atom stereocenters. The number of carbonyl (C=O) groups is 2. The van der Waals surface area contributed by atoms with Crippen LogP contribution in [0.15, 0.2) is 60.1 Å². The zero-order valence-corrected chi connectivity index (χ0v) is 20.4. The van der Waals surface area contributed by atoms with Crippen molar-refractivity contribution in [2.75, 3.05) is 0 Å². The average Bonchev–Trinajstić information content (AvgIpc) is 2.96. The van der Waals surface area contributed by atoms with Crippen molar-refractivity contribution in [3.8, 4) is 5.75 Å². The predicted octanol–water partition coefficient (Wildman–Crippen LogP) is 4.39. The average molecular weight is 574 g/mol. The molecule has 1 heterocycles. The minimum atomic E-state index is -4.11. The first-order valence-electron chi connectivity index (χ1n) is 8.35. The molecule has 11 heteroatoms. The van der Waals surface area contributed by atoms with Crippen molar-refractivity contribution in [2.24, 2.45) is 4.99 Å². The van der Waals surface area contributed by atoms with Gasteiger partial charge in [0.15, 0.2) is 10.9 Å². The molecule has 1 N–H and O–H groups in total. The minimum absolute atomic E-state index is 0.00381. The van der Waals surface area contributed by atoms with Crippen LogP contribution in [0.2, 0.25) is 0 Å². The summed E-state index contributed by atoms with van der Waals surface area (Å²) < 4.78 is 31.9. The van der Waals surface area contributed by atoms with E-state index in [-0.39, 0.29) is 26.6 Å².